The van der Waals surface area contributed by atoms with Gasteiger partial charge in [-0.3, -0.25) is 4.79 Å². The number of carbonyl (C=O) groups is 1. The highest BCUT2D eigenvalue weighted by Crippen LogP contribution is 2.21. The molecule has 0 bridgehead atoms. The Kier molecular flexibility index (Phi) is 6.37. The smallest absolute Gasteiger partial charge is 0.255 e. The van der Waals surface area contributed by atoms with Crippen LogP contribution in [0.3, 0.4) is 0 Å². The number of phenolic OH excluding ortho intramolecular Hbond substituents is 1. The average molecular weight is 321 g/mol. The van der Waals surface area contributed by atoms with Gasteiger partial charge in [-0.25, -0.2) is 0 Å². The molecule has 0 saturated carbocycles. The zero-order valence-electron chi connectivity index (χ0n) is 9.38. The van der Waals surface area contributed by atoms with Gasteiger partial charge in [0, 0.05) is 16.9 Å². The van der Waals surface area contributed by atoms with Crippen LogP contribution in [-0.2, 0) is 0 Å². The van der Waals surface area contributed by atoms with E-state index in [0.29, 0.717) is 11.6 Å². The zero-order valence-corrected chi connectivity index (χ0v) is 11.7. The number of alkyl halides is 1. The third kappa shape index (κ3) is 4.96. The van der Waals surface area contributed by atoms with Crippen molar-refractivity contribution in [3.8, 4) is 5.75 Å². The number of rotatable bonds is 6. The minimum Gasteiger partial charge on any atom is -0.507 e. The van der Waals surface area contributed by atoms with Crippen molar-refractivity contribution in [1.29, 1.82) is 0 Å². The van der Waals surface area contributed by atoms with E-state index in [2.05, 4.69) is 21.2 Å². The van der Waals surface area contributed by atoms with E-state index in [4.69, 9.17) is 11.6 Å². The Balaban J connectivity index is 2.44. The Morgan fingerprint density at radius 2 is 2.12 bits per heavy atom. The third-order valence-corrected chi connectivity index (χ3v) is 3.10. The predicted octanol–water partition coefficient (Wildman–Crippen LogP) is 3.34. The molecule has 3 nitrogen and oxygen atoms in total. The molecule has 17 heavy (non-hydrogen) atoms. The molecule has 1 amide bonds. The van der Waals surface area contributed by atoms with Gasteiger partial charge in [0.1, 0.15) is 5.75 Å². The molecule has 0 radical (unpaired) electrons. The summed E-state index contributed by atoms with van der Waals surface area (Å²) in [5, 5.41) is 13.7. The lowest BCUT2D eigenvalue weighted by Crippen LogP contribution is -2.24. The van der Waals surface area contributed by atoms with E-state index >= 15 is 0 Å². The molecule has 94 valence electrons. The molecule has 5 heteroatoms. The number of hydrogen-bond acceptors (Lipinski definition) is 2. The van der Waals surface area contributed by atoms with Crippen LogP contribution in [0.15, 0.2) is 18.2 Å². The van der Waals surface area contributed by atoms with Gasteiger partial charge in [-0.2, -0.15) is 0 Å². The first-order valence-electron chi connectivity index (χ1n) is 5.48. The summed E-state index contributed by atoms with van der Waals surface area (Å²) in [4.78, 5) is 11.7. The van der Waals surface area contributed by atoms with Crippen molar-refractivity contribution in [2.75, 3.05) is 11.9 Å². The first kappa shape index (κ1) is 14.3. The van der Waals surface area contributed by atoms with Crippen LogP contribution < -0.4 is 5.32 Å². The molecule has 1 aromatic rings. The van der Waals surface area contributed by atoms with Crippen LogP contribution >= 0.6 is 27.5 Å². The standard InChI is InChI=1S/C12H15BrClNO2/c13-6-2-1-3-7-15-12(17)10-8-9(14)4-5-11(10)16/h4-5,8,16H,1-3,6-7H2,(H,15,17). The van der Waals surface area contributed by atoms with E-state index in [-0.39, 0.29) is 17.2 Å². The lowest BCUT2D eigenvalue weighted by Gasteiger charge is -2.06. The van der Waals surface area contributed by atoms with Crippen LogP contribution in [0.25, 0.3) is 0 Å². The lowest BCUT2D eigenvalue weighted by atomic mass is 10.2. The second kappa shape index (κ2) is 7.56. The second-order valence-corrected chi connectivity index (χ2v) is 4.90. The van der Waals surface area contributed by atoms with E-state index in [0.717, 1.165) is 24.6 Å². The highest BCUT2D eigenvalue weighted by molar-refractivity contribution is 9.09. The maximum atomic E-state index is 11.7. The van der Waals surface area contributed by atoms with Crippen molar-refractivity contribution in [1.82, 2.24) is 5.32 Å². The van der Waals surface area contributed by atoms with Crippen molar-refractivity contribution in [3.05, 3.63) is 28.8 Å². The molecule has 2 N–H and O–H groups in total. The maximum Gasteiger partial charge on any atom is 0.255 e. The van der Waals surface area contributed by atoms with Gasteiger partial charge in [0.05, 0.1) is 5.56 Å². The maximum absolute atomic E-state index is 11.7. The number of halogens is 2. The summed E-state index contributed by atoms with van der Waals surface area (Å²) < 4.78 is 0. The van der Waals surface area contributed by atoms with Crippen molar-refractivity contribution in [2.24, 2.45) is 0 Å². The van der Waals surface area contributed by atoms with E-state index in [9.17, 15) is 9.90 Å². The molecule has 0 aromatic heterocycles. The summed E-state index contributed by atoms with van der Waals surface area (Å²) in [6.07, 6.45) is 3.09. The third-order valence-electron chi connectivity index (χ3n) is 2.30. The second-order valence-electron chi connectivity index (χ2n) is 3.67. The molecule has 0 saturated heterocycles. The zero-order chi connectivity index (χ0) is 12.7. The Bertz CT molecular complexity index is 385. The van der Waals surface area contributed by atoms with Gasteiger partial charge in [-0.05, 0) is 31.0 Å². The highest BCUT2D eigenvalue weighted by atomic mass is 79.9. The monoisotopic (exact) mass is 319 g/mol. The van der Waals surface area contributed by atoms with E-state index < -0.39 is 0 Å². The molecule has 0 fully saturated rings. The number of benzene rings is 1. The first-order valence-corrected chi connectivity index (χ1v) is 6.97. The normalized spacial score (nSPS) is 10.2. The van der Waals surface area contributed by atoms with Gasteiger partial charge in [0.15, 0.2) is 0 Å². The van der Waals surface area contributed by atoms with E-state index in [1.165, 1.54) is 12.1 Å². The summed E-state index contributed by atoms with van der Waals surface area (Å²) in [5.74, 6) is -0.337. The fourth-order valence-electron chi connectivity index (χ4n) is 1.38. The Morgan fingerprint density at radius 1 is 1.35 bits per heavy atom. The summed E-state index contributed by atoms with van der Waals surface area (Å²) in [6.45, 7) is 0.609. The minimum atomic E-state index is -0.288. The number of amides is 1. The van der Waals surface area contributed by atoms with Crippen LogP contribution in [0.2, 0.25) is 5.02 Å². The fourth-order valence-corrected chi connectivity index (χ4v) is 1.95. The van der Waals surface area contributed by atoms with Gasteiger partial charge in [0.2, 0.25) is 0 Å². The van der Waals surface area contributed by atoms with E-state index in [1.54, 1.807) is 6.07 Å². The van der Waals surface area contributed by atoms with Gasteiger partial charge in [0.25, 0.3) is 5.91 Å². The molecule has 0 atom stereocenters. The van der Waals surface area contributed by atoms with Crippen LogP contribution in [-0.4, -0.2) is 22.9 Å². The summed E-state index contributed by atoms with van der Waals surface area (Å²) in [7, 11) is 0. The number of carbonyl (C=O) groups excluding carboxylic acids is 1. The lowest BCUT2D eigenvalue weighted by molar-refractivity contribution is 0.0950. The molecule has 0 heterocycles. The number of hydrogen-bond donors (Lipinski definition) is 2. The van der Waals surface area contributed by atoms with Crippen molar-refractivity contribution >= 4 is 33.4 Å². The molecule has 0 aliphatic rings. The summed E-state index contributed by atoms with van der Waals surface area (Å²) >= 11 is 9.12. The topological polar surface area (TPSA) is 49.3 Å². The number of nitrogens with one attached hydrogen (secondary N) is 1. The summed E-state index contributed by atoms with van der Waals surface area (Å²) in [5.41, 5.74) is 0.220. The van der Waals surface area contributed by atoms with Crippen molar-refractivity contribution in [2.45, 2.75) is 19.3 Å². The van der Waals surface area contributed by atoms with E-state index in [1.807, 2.05) is 0 Å². The quantitative estimate of drug-likeness (QED) is 0.624. The minimum absolute atomic E-state index is 0.0487. The van der Waals surface area contributed by atoms with Crippen molar-refractivity contribution in [3.63, 3.8) is 0 Å². The van der Waals surface area contributed by atoms with Crippen LogP contribution in [0, 0.1) is 0 Å². The predicted molar refractivity (Wildman–Crippen MR) is 73.1 cm³/mol. The highest BCUT2D eigenvalue weighted by Gasteiger charge is 2.10. The fraction of sp³-hybridized carbons (Fsp3) is 0.417. The van der Waals surface area contributed by atoms with Crippen LogP contribution in [0.1, 0.15) is 29.6 Å². The van der Waals surface area contributed by atoms with Gasteiger partial charge in [-0.15, -0.1) is 0 Å². The molecular formula is C12H15BrClNO2. The van der Waals surface area contributed by atoms with Crippen molar-refractivity contribution < 1.29 is 9.90 Å². The largest absolute Gasteiger partial charge is 0.507 e. The summed E-state index contributed by atoms with van der Waals surface area (Å²) in [6, 6.07) is 4.43. The Morgan fingerprint density at radius 3 is 2.82 bits per heavy atom. The Labute approximate surface area is 114 Å². The molecule has 1 rings (SSSR count). The molecule has 0 aliphatic heterocycles. The molecule has 0 unspecified atom stereocenters. The van der Waals surface area contributed by atoms with Crippen LogP contribution in [0.5, 0.6) is 5.75 Å². The number of aromatic hydroxyl groups is 1. The van der Waals surface area contributed by atoms with Gasteiger partial charge >= 0.3 is 0 Å². The van der Waals surface area contributed by atoms with Gasteiger partial charge in [-0.1, -0.05) is 34.0 Å². The van der Waals surface area contributed by atoms with Crippen LogP contribution in [0.4, 0.5) is 0 Å². The molecule has 0 aliphatic carbocycles. The number of phenols is 1. The first-order chi connectivity index (χ1) is 8.15. The molecule has 0 spiro atoms. The SMILES string of the molecule is O=C(NCCCCCBr)c1cc(Cl)ccc1O. The average Bonchev–Trinajstić information content (AvgIpc) is 2.32. The molecular weight excluding hydrogens is 305 g/mol. The van der Waals surface area contributed by atoms with Gasteiger partial charge < -0.3 is 10.4 Å². The molecule has 1 aromatic carbocycles. The Hall–Kier alpha value is -0.740. The number of unbranched alkanes of at least 4 members (excludes halogenated alkanes) is 2.